The molecule has 10 heavy (non-hydrogen) atoms. The molecule has 0 spiro atoms. The zero-order valence-corrected chi connectivity index (χ0v) is 6.26. The summed E-state index contributed by atoms with van der Waals surface area (Å²) < 4.78 is 0. The molecule has 0 saturated carbocycles. The molecular formula is C7H14N2O. The van der Waals surface area contributed by atoms with E-state index in [1.54, 1.807) is 0 Å². The molecule has 0 aliphatic carbocycles. The van der Waals surface area contributed by atoms with E-state index in [1.165, 1.54) is 0 Å². The number of hydrogen-bond donors (Lipinski definition) is 2. The van der Waals surface area contributed by atoms with Crippen molar-refractivity contribution < 1.29 is 4.79 Å². The van der Waals surface area contributed by atoms with Crippen molar-refractivity contribution in [3.63, 3.8) is 0 Å². The summed E-state index contributed by atoms with van der Waals surface area (Å²) in [7, 11) is 0. The SMILES string of the molecule is C[C@H]1CCC[C@@H](C(N)=O)N1. The minimum Gasteiger partial charge on any atom is -0.368 e. The second kappa shape index (κ2) is 3.01. The number of amides is 1. The standard InChI is InChI=1S/C7H14N2O/c1-5-3-2-4-6(9-5)7(8)10/h5-6,9H,2-4H2,1H3,(H2,8,10)/t5-,6-/m0/s1. The normalized spacial score (nSPS) is 33.7. The van der Waals surface area contributed by atoms with Crippen molar-refractivity contribution in [2.24, 2.45) is 5.73 Å². The lowest BCUT2D eigenvalue weighted by atomic mass is 9.99. The van der Waals surface area contributed by atoms with Crippen LogP contribution in [0.5, 0.6) is 0 Å². The van der Waals surface area contributed by atoms with Crippen LogP contribution in [0.4, 0.5) is 0 Å². The second-order valence-corrected chi connectivity index (χ2v) is 2.95. The summed E-state index contributed by atoms with van der Waals surface area (Å²) >= 11 is 0. The summed E-state index contributed by atoms with van der Waals surface area (Å²) in [6, 6.07) is 0.370. The molecule has 0 aromatic carbocycles. The van der Waals surface area contributed by atoms with Crippen LogP contribution in [0.15, 0.2) is 0 Å². The number of rotatable bonds is 1. The molecule has 0 bridgehead atoms. The lowest BCUT2D eigenvalue weighted by molar-refractivity contribution is -0.120. The van der Waals surface area contributed by atoms with E-state index < -0.39 is 0 Å². The molecule has 3 heteroatoms. The third kappa shape index (κ3) is 1.70. The van der Waals surface area contributed by atoms with Crippen molar-refractivity contribution in [3.8, 4) is 0 Å². The molecule has 1 fully saturated rings. The average molecular weight is 142 g/mol. The van der Waals surface area contributed by atoms with Crippen molar-refractivity contribution in [2.75, 3.05) is 0 Å². The Morgan fingerprint density at radius 2 is 2.30 bits per heavy atom. The summed E-state index contributed by atoms with van der Waals surface area (Å²) in [6.45, 7) is 2.08. The van der Waals surface area contributed by atoms with E-state index in [9.17, 15) is 4.79 Å². The molecule has 1 amide bonds. The van der Waals surface area contributed by atoms with Crippen LogP contribution in [0.3, 0.4) is 0 Å². The first kappa shape index (κ1) is 7.54. The predicted molar refractivity (Wildman–Crippen MR) is 39.4 cm³/mol. The lowest BCUT2D eigenvalue weighted by Gasteiger charge is -2.26. The zero-order chi connectivity index (χ0) is 7.56. The van der Waals surface area contributed by atoms with Gasteiger partial charge in [-0.2, -0.15) is 0 Å². The molecule has 3 nitrogen and oxygen atoms in total. The second-order valence-electron chi connectivity index (χ2n) is 2.95. The highest BCUT2D eigenvalue weighted by atomic mass is 16.1. The highest BCUT2D eigenvalue weighted by molar-refractivity contribution is 5.79. The van der Waals surface area contributed by atoms with Crippen molar-refractivity contribution in [3.05, 3.63) is 0 Å². The summed E-state index contributed by atoms with van der Waals surface area (Å²) in [5.74, 6) is -0.216. The Labute approximate surface area is 61.0 Å². The average Bonchev–Trinajstić information content (AvgIpc) is 1.88. The Hall–Kier alpha value is -0.570. The summed E-state index contributed by atoms with van der Waals surface area (Å²) in [4.78, 5) is 10.7. The maximum Gasteiger partial charge on any atom is 0.234 e. The van der Waals surface area contributed by atoms with Crippen molar-refractivity contribution in [1.82, 2.24) is 5.32 Å². The van der Waals surface area contributed by atoms with Gasteiger partial charge in [0.25, 0.3) is 0 Å². The van der Waals surface area contributed by atoms with E-state index in [1.807, 2.05) is 0 Å². The van der Waals surface area contributed by atoms with Gasteiger partial charge >= 0.3 is 0 Å². The number of nitrogens with one attached hydrogen (secondary N) is 1. The quantitative estimate of drug-likeness (QED) is 0.541. The van der Waals surface area contributed by atoms with Crippen LogP contribution < -0.4 is 11.1 Å². The largest absolute Gasteiger partial charge is 0.368 e. The molecule has 0 unspecified atom stereocenters. The van der Waals surface area contributed by atoms with E-state index >= 15 is 0 Å². The Morgan fingerprint density at radius 3 is 2.70 bits per heavy atom. The summed E-state index contributed by atoms with van der Waals surface area (Å²) in [5, 5.41) is 3.14. The van der Waals surface area contributed by atoms with E-state index in [2.05, 4.69) is 12.2 Å². The van der Waals surface area contributed by atoms with Gasteiger partial charge in [0, 0.05) is 6.04 Å². The fraction of sp³-hybridized carbons (Fsp3) is 0.857. The molecule has 1 rings (SSSR count). The first-order valence-corrected chi connectivity index (χ1v) is 3.75. The minimum atomic E-state index is -0.216. The number of carbonyl (C=O) groups excluding carboxylic acids is 1. The van der Waals surface area contributed by atoms with Crippen molar-refractivity contribution in [2.45, 2.75) is 38.3 Å². The van der Waals surface area contributed by atoms with Crippen LogP contribution in [0.2, 0.25) is 0 Å². The van der Waals surface area contributed by atoms with Crippen LogP contribution in [-0.4, -0.2) is 18.0 Å². The molecule has 1 aliphatic rings. The summed E-state index contributed by atoms with van der Waals surface area (Å²) in [5.41, 5.74) is 5.13. The lowest BCUT2D eigenvalue weighted by Crippen LogP contribution is -2.48. The van der Waals surface area contributed by atoms with Gasteiger partial charge in [-0.25, -0.2) is 0 Å². The molecule has 1 saturated heterocycles. The highest BCUT2D eigenvalue weighted by Crippen LogP contribution is 2.11. The zero-order valence-electron chi connectivity index (χ0n) is 6.26. The molecule has 3 N–H and O–H groups in total. The highest BCUT2D eigenvalue weighted by Gasteiger charge is 2.21. The molecular weight excluding hydrogens is 128 g/mol. The van der Waals surface area contributed by atoms with Crippen LogP contribution in [0.25, 0.3) is 0 Å². The number of piperidine rings is 1. The fourth-order valence-electron chi connectivity index (χ4n) is 1.36. The Kier molecular flexibility index (Phi) is 2.27. The van der Waals surface area contributed by atoms with Gasteiger partial charge in [0.15, 0.2) is 0 Å². The molecule has 1 heterocycles. The molecule has 2 atom stereocenters. The number of carbonyl (C=O) groups is 1. The van der Waals surface area contributed by atoms with E-state index in [4.69, 9.17) is 5.73 Å². The van der Waals surface area contributed by atoms with Crippen LogP contribution in [-0.2, 0) is 4.79 Å². The smallest absolute Gasteiger partial charge is 0.234 e. The van der Waals surface area contributed by atoms with E-state index in [-0.39, 0.29) is 11.9 Å². The van der Waals surface area contributed by atoms with Crippen molar-refractivity contribution in [1.29, 1.82) is 0 Å². The Bertz CT molecular complexity index is 136. The van der Waals surface area contributed by atoms with Gasteiger partial charge < -0.3 is 11.1 Å². The first-order chi connectivity index (χ1) is 4.70. The van der Waals surface area contributed by atoms with Gasteiger partial charge in [-0.05, 0) is 26.2 Å². The third-order valence-electron chi connectivity index (χ3n) is 1.96. The topological polar surface area (TPSA) is 55.1 Å². The van der Waals surface area contributed by atoms with Gasteiger partial charge in [0.2, 0.25) is 5.91 Å². The predicted octanol–water partition coefficient (Wildman–Crippen LogP) is 0.00230. The van der Waals surface area contributed by atoms with Gasteiger partial charge in [0.1, 0.15) is 0 Å². The first-order valence-electron chi connectivity index (χ1n) is 3.75. The maximum absolute atomic E-state index is 10.7. The minimum absolute atomic E-state index is 0.0799. The number of hydrogen-bond acceptors (Lipinski definition) is 2. The van der Waals surface area contributed by atoms with E-state index in [0.29, 0.717) is 6.04 Å². The molecule has 0 aromatic rings. The molecule has 1 aliphatic heterocycles. The monoisotopic (exact) mass is 142 g/mol. The third-order valence-corrected chi connectivity index (χ3v) is 1.96. The Balaban J connectivity index is 2.39. The van der Waals surface area contributed by atoms with Gasteiger partial charge in [0.05, 0.1) is 6.04 Å². The molecule has 0 aromatic heterocycles. The Morgan fingerprint density at radius 1 is 1.60 bits per heavy atom. The van der Waals surface area contributed by atoms with Crippen LogP contribution in [0, 0.1) is 0 Å². The van der Waals surface area contributed by atoms with Crippen LogP contribution in [0.1, 0.15) is 26.2 Å². The van der Waals surface area contributed by atoms with E-state index in [0.717, 1.165) is 19.3 Å². The summed E-state index contributed by atoms with van der Waals surface area (Å²) in [6.07, 6.45) is 3.17. The fourth-order valence-corrected chi connectivity index (χ4v) is 1.36. The molecule has 0 radical (unpaired) electrons. The number of nitrogens with two attached hydrogens (primary N) is 1. The van der Waals surface area contributed by atoms with Gasteiger partial charge in [-0.3, -0.25) is 4.79 Å². The van der Waals surface area contributed by atoms with Gasteiger partial charge in [-0.1, -0.05) is 0 Å². The number of primary amides is 1. The van der Waals surface area contributed by atoms with Crippen molar-refractivity contribution >= 4 is 5.91 Å². The molecule has 58 valence electrons. The maximum atomic E-state index is 10.7. The van der Waals surface area contributed by atoms with Gasteiger partial charge in [-0.15, -0.1) is 0 Å². The van der Waals surface area contributed by atoms with Crippen LogP contribution >= 0.6 is 0 Å².